The van der Waals surface area contributed by atoms with Gasteiger partial charge in [0.25, 0.3) is 0 Å². The van der Waals surface area contributed by atoms with E-state index in [4.69, 9.17) is 0 Å². The Hall–Kier alpha value is -1.65. The van der Waals surface area contributed by atoms with Gasteiger partial charge >= 0.3 is 0 Å². The highest BCUT2D eigenvalue weighted by Crippen LogP contribution is 2.18. The van der Waals surface area contributed by atoms with Gasteiger partial charge in [0, 0.05) is 23.9 Å². The molecule has 0 aliphatic carbocycles. The Labute approximate surface area is 144 Å². The highest BCUT2D eigenvalue weighted by atomic mass is 16.1. The molecular formula is C20H31N3O+2. The van der Waals surface area contributed by atoms with Crippen molar-refractivity contribution in [2.45, 2.75) is 46.2 Å². The molecule has 1 atom stereocenters. The lowest BCUT2D eigenvalue weighted by molar-refractivity contribution is -0.948. The van der Waals surface area contributed by atoms with Gasteiger partial charge in [0.1, 0.15) is 6.54 Å². The summed E-state index contributed by atoms with van der Waals surface area (Å²) in [6.07, 6.45) is 2.50. The predicted octanol–water partition coefficient (Wildman–Crippen LogP) is 0.145. The molecule has 3 N–H and O–H groups in total. The second kappa shape index (κ2) is 6.69. The van der Waals surface area contributed by atoms with Crippen LogP contribution in [0.25, 0.3) is 10.9 Å². The summed E-state index contributed by atoms with van der Waals surface area (Å²) in [5, 5.41) is 0.833. The number of likely N-dealkylation sites (tertiary alicyclic amines) is 1. The number of aromatic amines is 1. The van der Waals surface area contributed by atoms with Crippen LogP contribution >= 0.6 is 0 Å². The number of H-pyrrole nitrogens is 1. The van der Waals surface area contributed by atoms with Crippen molar-refractivity contribution in [1.82, 2.24) is 4.98 Å². The molecule has 0 bridgehead atoms. The Kier molecular flexibility index (Phi) is 4.79. The van der Waals surface area contributed by atoms with E-state index in [1.54, 1.807) is 4.90 Å². The fraction of sp³-hybridized carbons (Fsp3) is 0.550. The SMILES string of the molecule is Cc1ccc2c(=O)c(C[NH+](C)C3CC[NH+](C)CC3)c(C)[nH]c2c1C. The number of hydrogen-bond donors (Lipinski definition) is 3. The number of fused-ring (bicyclic) bond motifs is 1. The fourth-order valence-corrected chi connectivity index (χ4v) is 4.00. The molecule has 1 fully saturated rings. The highest BCUT2D eigenvalue weighted by molar-refractivity contribution is 5.83. The third-order valence-corrected chi connectivity index (χ3v) is 6.01. The number of nitrogens with one attached hydrogen (secondary N) is 3. The molecule has 4 nitrogen and oxygen atoms in total. The Morgan fingerprint density at radius 3 is 2.54 bits per heavy atom. The van der Waals surface area contributed by atoms with E-state index in [2.05, 4.69) is 39.0 Å². The van der Waals surface area contributed by atoms with Crippen LogP contribution in [0.15, 0.2) is 16.9 Å². The molecule has 0 radical (unpaired) electrons. The summed E-state index contributed by atoms with van der Waals surface area (Å²) in [5.41, 5.74) is 5.60. The summed E-state index contributed by atoms with van der Waals surface area (Å²) in [6, 6.07) is 4.71. The molecule has 1 saturated heterocycles. The maximum absolute atomic E-state index is 13.0. The fourth-order valence-electron chi connectivity index (χ4n) is 4.00. The van der Waals surface area contributed by atoms with Crippen LogP contribution in [-0.2, 0) is 6.54 Å². The molecule has 1 aliphatic heterocycles. The van der Waals surface area contributed by atoms with E-state index < -0.39 is 0 Å². The quantitative estimate of drug-likeness (QED) is 0.737. The van der Waals surface area contributed by atoms with E-state index in [1.165, 1.54) is 42.0 Å². The molecule has 130 valence electrons. The second-order valence-corrected chi connectivity index (χ2v) is 7.74. The van der Waals surface area contributed by atoms with Crippen molar-refractivity contribution in [2.24, 2.45) is 0 Å². The minimum Gasteiger partial charge on any atom is -0.358 e. The topological polar surface area (TPSA) is 41.7 Å². The number of piperidine rings is 1. The van der Waals surface area contributed by atoms with Gasteiger partial charge in [-0.25, -0.2) is 0 Å². The van der Waals surface area contributed by atoms with Crippen LogP contribution in [0.3, 0.4) is 0 Å². The van der Waals surface area contributed by atoms with Gasteiger partial charge in [-0.3, -0.25) is 4.79 Å². The van der Waals surface area contributed by atoms with Gasteiger partial charge in [-0.2, -0.15) is 0 Å². The van der Waals surface area contributed by atoms with Crippen LogP contribution in [0.2, 0.25) is 0 Å². The molecule has 2 heterocycles. The molecule has 2 aromatic rings. The molecule has 1 unspecified atom stereocenters. The number of pyridine rings is 1. The van der Waals surface area contributed by atoms with Crippen LogP contribution in [0.1, 0.15) is 35.2 Å². The lowest BCUT2D eigenvalue weighted by Crippen LogP contribution is -3.17. The first-order chi connectivity index (χ1) is 11.4. The lowest BCUT2D eigenvalue weighted by atomic mass is 10.0. The third kappa shape index (κ3) is 3.13. The molecule has 0 amide bonds. The van der Waals surface area contributed by atoms with E-state index in [1.807, 2.05) is 13.0 Å². The Balaban J connectivity index is 1.92. The summed E-state index contributed by atoms with van der Waals surface area (Å²) in [5.74, 6) is 0. The first kappa shape index (κ1) is 17.2. The number of aryl methyl sites for hydroxylation is 3. The molecular weight excluding hydrogens is 298 g/mol. The Bertz CT molecular complexity index is 801. The maximum atomic E-state index is 13.0. The molecule has 0 spiro atoms. The lowest BCUT2D eigenvalue weighted by Gasteiger charge is -2.30. The van der Waals surface area contributed by atoms with E-state index in [-0.39, 0.29) is 5.43 Å². The van der Waals surface area contributed by atoms with E-state index in [0.29, 0.717) is 6.04 Å². The van der Waals surface area contributed by atoms with Crippen LogP contribution in [0, 0.1) is 20.8 Å². The minimum atomic E-state index is 0.210. The summed E-state index contributed by atoms with van der Waals surface area (Å²) in [7, 11) is 4.52. The molecule has 1 aliphatic rings. The van der Waals surface area contributed by atoms with Gasteiger partial charge in [0.2, 0.25) is 0 Å². The number of quaternary nitrogens is 2. The molecule has 1 aromatic heterocycles. The minimum absolute atomic E-state index is 0.210. The average Bonchev–Trinajstić information content (AvgIpc) is 2.56. The number of rotatable bonds is 3. The zero-order valence-electron chi connectivity index (χ0n) is 15.7. The van der Waals surface area contributed by atoms with Crippen LogP contribution < -0.4 is 15.2 Å². The molecule has 1 aromatic carbocycles. The first-order valence-corrected chi connectivity index (χ1v) is 9.13. The largest absolute Gasteiger partial charge is 0.358 e. The van der Waals surface area contributed by atoms with Gasteiger partial charge in [0.05, 0.1) is 44.3 Å². The number of hydrogen-bond acceptors (Lipinski definition) is 1. The zero-order chi connectivity index (χ0) is 17.4. The maximum Gasteiger partial charge on any atom is 0.198 e. The summed E-state index contributed by atoms with van der Waals surface area (Å²) in [4.78, 5) is 19.7. The number of benzene rings is 1. The predicted molar refractivity (Wildman–Crippen MR) is 99.0 cm³/mol. The van der Waals surface area contributed by atoms with Crippen LogP contribution in [0.5, 0.6) is 0 Å². The first-order valence-electron chi connectivity index (χ1n) is 9.13. The smallest absolute Gasteiger partial charge is 0.198 e. The van der Waals surface area contributed by atoms with E-state index in [0.717, 1.165) is 28.7 Å². The van der Waals surface area contributed by atoms with Crippen molar-refractivity contribution in [3.8, 4) is 0 Å². The Morgan fingerprint density at radius 1 is 1.21 bits per heavy atom. The van der Waals surface area contributed by atoms with Crippen LogP contribution in [-0.4, -0.2) is 38.2 Å². The molecule has 24 heavy (non-hydrogen) atoms. The van der Waals surface area contributed by atoms with Gasteiger partial charge in [0.15, 0.2) is 5.43 Å². The summed E-state index contributed by atoms with van der Waals surface area (Å²) >= 11 is 0. The third-order valence-electron chi connectivity index (χ3n) is 6.01. The van der Waals surface area contributed by atoms with Crippen LogP contribution in [0.4, 0.5) is 0 Å². The van der Waals surface area contributed by atoms with Gasteiger partial charge in [-0.1, -0.05) is 6.07 Å². The monoisotopic (exact) mass is 329 g/mol. The molecule has 0 saturated carbocycles. The molecule has 3 rings (SSSR count). The van der Waals surface area contributed by atoms with Crippen molar-refractivity contribution >= 4 is 10.9 Å². The van der Waals surface area contributed by atoms with Gasteiger partial charge in [-0.05, 0) is 38.0 Å². The van der Waals surface area contributed by atoms with Crippen molar-refractivity contribution in [2.75, 3.05) is 27.2 Å². The van der Waals surface area contributed by atoms with Crippen molar-refractivity contribution in [3.05, 3.63) is 44.7 Å². The van der Waals surface area contributed by atoms with Gasteiger partial charge in [-0.15, -0.1) is 0 Å². The summed E-state index contributed by atoms with van der Waals surface area (Å²) < 4.78 is 0. The highest BCUT2D eigenvalue weighted by Gasteiger charge is 2.27. The average molecular weight is 329 g/mol. The van der Waals surface area contributed by atoms with E-state index >= 15 is 0 Å². The van der Waals surface area contributed by atoms with Crippen molar-refractivity contribution in [3.63, 3.8) is 0 Å². The standard InChI is InChI=1S/C20H29N3O/c1-13-6-7-17-19(14(13)2)21-15(3)18(20(17)24)12-23(5)16-8-10-22(4)11-9-16/h6-7,16H,8-12H2,1-5H3,(H,21,24)/p+2. The Morgan fingerprint density at radius 2 is 1.88 bits per heavy atom. The van der Waals surface area contributed by atoms with E-state index in [9.17, 15) is 4.79 Å². The van der Waals surface area contributed by atoms with Crippen molar-refractivity contribution in [1.29, 1.82) is 0 Å². The zero-order valence-corrected chi connectivity index (χ0v) is 15.7. The van der Waals surface area contributed by atoms with Crippen molar-refractivity contribution < 1.29 is 9.80 Å². The molecule has 4 heteroatoms. The van der Waals surface area contributed by atoms with Gasteiger partial charge < -0.3 is 14.8 Å². The normalized spacial score (nSPS) is 22.7. The second-order valence-electron chi connectivity index (χ2n) is 7.74. The number of aromatic nitrogens is 1. The summed E-state index contributed by atoms with van der Waals surface area (Å²) in [6.45, 7) is 9.53.